The number of imidazole rings is 1. The van der Waals surface area contributed by atoms with E-state index in [1.165, 1.54) is 18.3 Å². The molecule has 1 fully saturated rings. The summed E-state index contributed by atoms with van der Waals surface area (Å²) >= 11 is 0. The van der Waals surface area contributed by atoms with Crippen molar-refractivity contribution >= 4 is 17.6 Å². The topological polar surface area (TPSA) is 95.1 Å². The lowest BCUT2D eigenvalue weighted by Gasteiger charge is -2.35. The third kappa shape index (κ3) is 6.84. The van der Waals surface area contributed by atoms with Gasteiger partial charge in [-0.2, -0.15) is 0 Å². The molecule has 0 bridgehead atoms. The first-order valence-corrected chi connectivity index (χ1v) is 12.7. The molecule has 2 aromatic carbocycles. The lowest BCUT2D eigenvalue weighted by Crippen LogP contribution is -2.46. The molecule has 1 saturated heterocycles. The average Bonchev–Trinajstić information content (AvgIpc) is 3.44. The summed E-state index contributed by atoms with van der Waals surface area (Å²) in [6.45, 7) is 6.77. The van der Waals surface area contributed by atoms with E-state index in [1.54, 1.807) is 16.7 Å². The van der Waals surface area contributed by atoms with E-state index in [4.69, 9.17) is 9.47 Å². The number of nitrogens with zero attached hydrogens (tertiary/aromatic N) is 5. The highest BCUT2D eigenvalue weighted by Gasteiger charge is 2.41. The molecule has 10 nitrogen and oxygen atoms in total. The number of anilines is 1. The Balaban J connectivity index is 1.04. The molecule has 1 unspecified atom stereocenters. The predicted molar refractivity (Wildman–Crippen MR) is 141 cm³/mol. The predicted octanol–water partition coefficient (Wildman–Crippen LogP) is 4.76. The van der Waals surface area contributed by atoms with Crippen LogP contribution in [0.2, 0.25) is 0 Å². The molecule has 0 radical (unpaired) electrons. The summed E-state index contributed by atoms with van der Waals surface area (Å²) < 4.78 is 54.1. The SMILES string of the molecule is CC1(COc2ccc(N3CCN(C/C=C/c4ccc(OC(F)(F)F)cc4)CC3)cc2)Cn2cc([N+](=O)[O-])nc2O1. The molecular weight excluding hydrogens is 531 g/mol. The average molecular weight is 560 g/mol. The van der Waals surface area contributed by atoms with Gasteiger partial charge >= 0.3 is 18.2 Å². The van der Waals surface area contributed by atoms with Gasteiger partial charge in [0.15, 0.2) is 5.60 Å². The number of nitro groups is 1. The van der Waals surface area contributed by atoms with Crippen LogP contribution in [0.15, 0.2) is 60.8 Å². The van der Waals surface area contributed by atoms with Crippen molar-refractivity contribution < 1.29 is 32.3 Å². The second kappa shape index (κ2) is 11.1. The molecular formula is C27H28F3N5O5. The second-order valence-electron chi connectivity index (χ2n) is 9.91. The molecule has 3 aromatic rings. The molecule has 0 amide bonds. The number of fused-ring (bicyclic) bond motifs is 1. The van der Waals surface area contributed by atoms with Crippen molar-refractivity contribution in [3.63, 3.8) is 0 Å². The fraction of sp³-hybridized carbons (Fsp3) is 0.370. The van der Waals surface area contributed by atoms with Crippen molar-refractivity contribution in [1.82, 2.24) is 14.5 Å². The molecule has 212 valence electrons. The Morgan fingerprint density at radius 1 is 1.07 bits per heavy atom. The van der Waals surface area contributed by atoms with Crippen LogP contribution in [0.5, 0.6) is 17.5 Å². The molecule has 1 aromatic heterocycles. The number of aromatic nitrogens is 2. The van der Waals surface area contributed by atoms with Crippen molar-refractivity contribution in [3.8, 4) is 17.5 Å². The fourth-order valence-corrected chi connectivity index (χ4v) is 4.65. The maximum absolute atomic E-state index is 12.3. The summed E-state index contributed by atoms with van der Waals surface area (Å²) in [7, 11) is 0. The molecule has 2 aliphatic heterocycles. The van der Waals surface area contributed by atoms with Crippen LogP contribution in [0.25, 0.3) is 6.08 Å². The van der Waals surface area contributed by atoms with Gasteiger partial charge in [0.25, 0.3) is 0 Å². The number of hydrogen-bond acceptors (Lipinski definition) is 8. The van der Waals surface area contributed by atoms with Gasteiger partial charge in [0.1, 0.15) is 24.3 Å². The summed E-state index contributed by atoms with van der Waals surface area (Å²) in [4.78, 5) is 18.8. The lowest BCUT2D eigenvalue weighted by molar-refractivity contribution is -0.389. The minimum Gasteiger partial charge on any atom is -0.489 e. The Morgan fingerprint density at radius 3 is 2.38 bits per heavy atom. The van der Waals surface area contributed by atoms with Gasteiger partial charge in [-0.15, -0.1) is 13.2 Å². The van der Waals surface area contributed by atoms with Crippen LogP contribution in [-0.2, 0) is 6.54 Å². The van der Waals surface area contributed by atoms with E-state index >= 15 is 0 Å². The highest BCUT2D eigenvalue weighted by atomic mass is 19.4. The van der Waals surface area contributed by atoms with Crippen LogP contribution in [0, 0.1) is 10.1 Å². The van der Waals surface area contributed by atoms with Gasteiger partial charge in [-0.1, -0.05) is 24.3 Å². The van der Waals surface area contributed by atoms with Crippen LogP contribution in [0.4, 0.5) is 24.7 Å². The van der Waals surface area contributed by atoms with E-state index in [0.29, 0.717) is 12.3 Å². The highest BCUT2D eigenvalue weighted by Crippen LogP contribution is 2.32. The second-order valence-corrected chi connectivity index (χ2v) is 9.91. The normalized spacial score (nSPS) is 19.4. The van der Waals surface area contributed by atoms with Gasteiger partial charge in [-0.25, -0.2) is 0 Å². The van der Waals surface area contributed by atoms with E-state index in [-0.39, 0.29) is 24.2 Å². The maximum atomic E-state index is 12.3. The van der Waals surface area contributed by atoms with E-state index in [1.807, 2.05) is 43.3 Å². The van der Waals surface area contributed by atoms with Crippen molar-refractivity contribution in [3.05, 3.63) is 76.5 Å². The van der Waals surface area contributed by atoms with Gasteiger partial charge in [0.05, 0.1) is 6.54 Å². The van der Waals surface area contributed by atoms with Crippen LogP contribution < -0.4 is 19.1 Å². The molecule has 3 heterocycles. The monoisotopic (exact) mass is 559 g/mol. The van der Waals surface area contributed by atoms with Crippen molar-refractivity contribution in [2.75, 3.05) is 44.2 Å². The fourth-order valence-electron chi connectivity index (χ4n) is 4.65. The molecule has 0 N–H and O–H groups in total. The molecule has 0 spiro atoms. The Labute approximate surface area is 228 Å². The van der Waals surface area contributed by atoms with Crippen LogP contribution in [0.1, 0.15) is 12.5 Å². The number of hydrogen-bond donors (Lipinski definition) is 0. The Kier molecular flexibility index (Phi) is 7.57. The number of alkyl halides is 3. The van der Waals surface area contributed by atoms with Gasteiger partial charge in [-0.05, 0) is 53.8 Å². The summed E-state index contributed by atoms with van der Waals surface area (Å²) in [5, 5.41) is 10.9. The van der Waals surface area contributed by atoms with E-state index in [2.05, 4.69) is 19.5 Å². The van der Waals surface area contributed by atoms with E-state index in [0.717, 1.165) is 44.0 Å². The first kappa shape index (κ1) is 27.3. The van der Waals surface area contributed by atoms with E-state index < -0.39 is 16.9 Å². The first-order chi connectivity index (χ1) is 19.1. The minimum atomic E-state index is -4.69. The Hall–Kier alpha value is -4.26. The zero-order valence-corrected chi connectivity index (χ0v) is 21.7. The van der Waals surface area contributed by atoms with E-state index in [9.17, 15) is 23.3 Å². The molecule has 0 aliphatic carbocycles. The lowest BCUT2D eigenvalue weighted by atomic mass is 10.1. The summed E-state index contributed by atoms with van der Waals surface area (Å²) in [6, 6.07) is 13.9. The molecule has 13 heteroatoms. The maximum Gasteiger partial charge on any atom is 0.573 e. The molecule has 1 atom stereocenters. The first-order valence-electron chi connectivity index (χ1n) is 12.7. The summed E-state index contributed by atoms with van der Waals surface area (Å²) in [6.07, 6.45) is 0.562. The molecule has 0 saturated carbocycles. The standard InChI is InChI=1S/C27H28F3N5O5/c1-26(18-34-17-24(35(36)37)31-25(34)40-26)19-38-22-10-6-21(7-11-22)33-15-13-32(14-16-33)12-2-3-20-4-8-23(9-5-20)39-27(28,29)30/h2-11,17H,12-16,18-19H2,1H3/b3-2+. The van der Waals surface area contributed by atoms with Gasteiger partial charge in [0, 0.05) is 43.4 Å². The zero-order valence-electron chi connectivity index (χ0n) is 21.7. The largest absolute Gasteiger partial charge is 0.573 e. The van der Waals surface area contributed by atoms with Gasteiger partial charge in [-0.3, -0.25) is 9.47 Å². The summed E-state index contributed by atoms with van der Waals surface area (Å²) in [5.41, 5.74) is 1.23. The summed E-state index contributed by atoms with van der Waals surface area (Å²) in [5.74, 6) is 0.227. The number of rotatable bonds is 9. The van der Waals surface area contributed by atoms with Crippen LogP contribution in [0.3, 0.4) is 0 Å². The van der Waals surface area contributed by atoms with Gasteiger partial charge in [0.2, 0.25) is 0 Å². The Morgan fingerprint density at radius 2 is 1.75 bits per heavy atom. The third-order valence-corrected chi connectivity index (χ3v) is 6.66. The Bertz CT molecular complexity index is 1330. The quantitative estimate of drug-likeness (QED) is 0.274. The van der Waals surface area contributed by atoms with Gasteiger partial charge < -0.3 is 29.2 Å². The van der Waals surface area contributed by atoms with Crippen molar-refractivity contribution in [2.24, 2.45) is 0 Å². The third-order valence-electron chi connectivity index (χ3n) is 6.66. The number of ether oxygens (including phenoxy) is 3. The number of benzene rings is 2. The molecule has 5 rings (SSSR count). The smallest absolute Gasteiger partial charge is 0.489 e. The molecule has 2 aliphatic rings. The van der Waals surface area contributed by atoms with Crippen molar-refractivity contribution in [1.29, 1.82) is 0 Å². The zero-order chi connectivity index (χ0) is 28.3. The number of halogens is 3. The van der Waals surface area contributed by atoms with Crippen LogP contribution >= 0.6 is 0 Å². The highest BCUT2D eigenvalue weighted by molar-refractivity contribution is 5.51. The molecule has 40 heavy (non-hydrogen) atoms. The minimum absolute atomic E-state index is 0.219. The van der Waals surface area contributed by atoms with Crippen molar-refractivity contribution in [2.45, 2.75) is 25.4 Å². The van der Waals surface area contributed by atoms with Crippen LogP contribution in [-0.4, -0.2) is 70.7 Å². The number of piperazine rings is 1.